The summed E-state index contributed by atoms with van der Waals surface area (Å²) in [6, 6.07) is 3.17. The van der Waals surface area contributed by atoms with Crippen LogP contribution in [-0.4, -0.2) is 35.7 Å². The number of thioether (sulfide) groups is 1. The first-order valence-electron chi connectivity index (χ1n) is 7.06. The fourth-order valence-corrected chi connectivity index (χ4v) is 2.74. The van der Waals surface area contributed by atoms with Crippen molar-refractivity contribution in [3.8, 4) is 0 Å². The molecule has 1 N–H and O–H groups in total. The summed E-state index contributed by atoms with van der Waals surface area (Å²) < 4.78 is 29.6. The number of hydrogen-bond donors (Lipinski definition) is 1. The highest BCUT2D eigenvalue weighted by atomic mass is 32.2. The smallest absolute Gasteiger partial charge is 0.284 e. The van der Waals surface area contributed by atoms with E-state index in [1.165, 1.54) is 0 Å². The fourth-order valence-electron chi connectivity index (χ4n) is 2.29. The summed E-state index contributed by atoms with van der Waals surface area (Å²) in [4.78, 5) is 14.0. The Morgan fingerprint density at radius 2 is 2.05 bits per heavy atom. The van der Waals surface area contributed by atoms with Crippen LogP contribution in [0.2, 0.25) is 0 Å². The Balaban J connectivity index is 1.75. The lowest BCUT2D eigenvalue weighted by molar-refractivity contribution is -0.132. The monoisotopic (exact) mass is 318 g/mol. The average Bonchev–Trinajstić information content (AvgIpc) is 3.13. The average molecular weight is 318 g/mol. The molecule has 1 aliphatic rings. The molecule has 2 rings (SSSR count). The van der Waals surface area contributed by atoms with Gasteiger partial charge in [0.05, 0.1) is 18.3 Å². The van der Waals surface area contributed by atoms with E-state index in [2.05, 4.69) is 5.32 Å². The third kappa shape index (κ3) is 5.00. The van der Waals surface area contributed by atoms with Crippen molar-refractivity contribution in [2.75, 3.05) is 13.1 Å². The van der Waals surface area contributed by atoms with Crippen molar-refractivity contribution in [2.45, 2.75) is 43.9 Å². The van der Waals surface area contributed by atoms with Crippen molar-refractivity contribution >= 4 is 17.7 Å². The first-order valence-corrected chi connectivity index (χ1v) is 8.10. The van der Waals surface area contributed by atoms with Gasteiger partial charge in [-0.2, -0.15) is 8.78 Å². The van der Waals surface area contributed by atoms with Crippen LogP contribution in [-0.2, 0) is 17.1 Å². The summed E-state index contributed by atoms with van der Waals surface area (Å²) in [7, 11) is 0. The Morgan fingerprint density at radius 3 is 2.71 bits per heavy atom. The Kier molecular flexibility index (Phi) is 6.05. The van der Waals surface area contributed by atoms with E-state index in [0.29, 0.717) is 29.8 Å². The van der Waals surface area contributed by atoms with Crippen molar-refractivity contribution in [3.05, 3.63) is 23.7 Å². The minimum absolute atomic E-state index is 0.104. The first-order chi connectivity index (χ1) is 10.1. The van der Waals surface area contributed by atoms with Crippen LogP contribution < -0.4 is 5.32 Å². The lowest BCUT2D eigenvalue weighted by Crippen LogP contribution is -2.43. The van der Waals surface area contributed by atoms with Gasteiger partial charge in [-0.25, -0.2) is 0 Å². The number of halogens is 2. The van der Waals surface area contributed by atoms with E-state index in [1.807, 2.05) is 11.8 Å². The zero-order valence-electron chi connectivity index (χ0n) is 12.0. The van der Waals surface area contributed by atoms with E-state index < -0.39 is 5.76 Å². The molecule has 21 heavy (non-hydrogen) atoms. The lowest BCUT2D eigenvalue weighted by Gasteiger charge is -2.20. The maximum Gasteiger partial charge on any atom is 0.284 e. The molecule has 0 aromatic carbocycles. The van der Waals surface area contributed by atoms with Crippen LogP contribution >= 0.6 is 11.8 Å². The highest BCUT2D eigenvalue weighted by Gasteiger charge is 2.22. The minimum Gasteiger partial charge on any atom is -0.464 e. The summed E-state index contributed by atoms with van der Waals surface area (Å²) in [5, 5.41) is 3.11. The van der Waals surface area contributed by atoms with Crippen molar-refractivity contribution in [1.82, 2.24) is 10.2 Å². The third-order valence-corrected chi connectivity index (χ3v) is 4.14. The molecule has 0 radical (unpaired) electrons. The van der Waals surface area contributed by atoms with Crippen molar-refractivity contribution < 1.29 is 18.0 Å². The Hall–Kier alpha value is -1.08. The van der Waals surface area contributed by atoms with E-state index in [-0.39, 0.29) is 17.7 Å². The van der Waals surface area contributed by atoms with Crippen LogP contribution in [0.5, 0.6) is 0 Å². The van der Waals surface area contributed by atoms with Gasteiger partial charge >= 0.3 is 0 Å². The standard InChI is InChI=1S/C14H20F2N2O2S/c1-10(13(19)18-6-2-3-7-18)17-8-11-4-5-12(20-11)9-21-14(15)16/h4-5,10,14,17H,2-3,6-9H2,1H3. The second-order valence-corrected chi connectivity index (χ2v) is 6.05. The third-order valence-electron chi connectivity index (χ3n) is 3.44. The predicted octanol–water partition coefficient (Wildman–Crippen LogP) is 2.84. The van der Waals surface area contributed by atoms with Gasteiger partial charge in [-0.3, -0.25) is 10.1 Å². The topological polar surface area (TPSA) is 45.5 Å². The molecule has 4 nitrogen and oxygen atoms in total. The van der Waals surface area contributed by atoms with E-state index in [0.717, 1.165) is 25.9 Å². The number of amides is 1. The maximum absolute atomic E-state index is 12.1. The van der Waals surface area contributed by atoms with Crippen molar-refractivity contribution in [3.63, 3.8) is 0 Å². The van der Waals surface area contributed by atoms with Gasteiger partial charge in [-0.05, 0) is 31.9 Å². The molecular weight excluding hydrogens is 298 g/mol. The molecule has 0 bridgehead atoms. The van der Waals surface area contributed by atoms with Gasteiger partial charge in [0.15, 0.2) is 0 Å². The molecule has 0 aliphatic carbocycles. The van der Waals surface area contributed by atoms with Gasteiger partial charge in [0, 0.05) is 13.1 Å². The normalized spacial score (nSPS) is 16.7. The summed E-state index contributed by atoms with van der Waals surface area (Å²) >= 11 is 0.536. The van der Waals surface area contributed by atoms with E-state index in [9.17, 15) is 13.6 Å². The van der Waals surface area contributed by atoms with Crippen LogP contribution in [0.1, 0.15) is 31.3 Å². The van der Waals surface area contributed by atoms with Crippen LogP contribution in [0.3, 0.4) is 0 Å². The number of nitrogens with zero attached hydrogens (tertiary/aromatic N) is 1. The fraction of sp³-hybridized carbons (Fsp3) is 0.643. The van der Waals surface area contributed by atoms with Crippen LogP contribution in [0.4, 0.5) is 8.78 Å². The molecule has 1 aliphatic heterocycles. The number of carbonyl (C=O) groups is 1. The Labute approximate surface area is 127 Å². The summed E-state index contributed by atoms with van der Waals surface area (Å²) in [6.45, 7) is 3.92. The quantitative estimate of drug-likeness (QED) is 0.840. The molecular formula is C14H20F2N2O2S. The molecule has 1 unspecified atom stereocenters. The highest BCUT2D eigenvalue weighted by Crippen LogP contribution is 2.21. The number of likely N-dealkylation sites (tertiary alicyclic amines) is 1. The number of furan rings is 1. The molecule has 1 saturated heterocycles. The number of hydrogen-bond acceptors (Lipinski definition) is 4. The van der Waals surface area contributed by atoms with Gasteiger partial charge in [0.25, 0.3) is 5.76 Å². The molecule has 1 atom stereocenters. The van der Waals surface area contributed by atoms with Crippen molar-refractivity contribution in [2.24, 2.45) is 0 Å². The van der Waals surface area contributed by atoms with Crippen LogP contribution in [0.25, 0.3) is 0 Å². The van der Waals surface area contributed by atoms with Gasteiger partial charge in [0.1, 0.15) is 11.5 Å². The first kappa shape index (κ1) is 16.3. The van der Waals surface area contributed by atoms with Gasteiger partial charge < -0.3 is 9.32 Å². The second-order valence-electron chi connectivity index (χ2n) is 5.07. The number of alkyl halides is 2. The molecule has 1 aromatic rings. The van der Waals surface area contributed by atoms with E-state index >= 15 is 0 Å². The summed E-state index contributed by atoms with van der Waals surface area (Å²) in [5.41, 5.74) is 0. The number of nitrogens with one attached hydrogen (secondary N) is 1. The molecule has 2 heterocycles. The van der Waals surface area contributed by atoms with Gasteiger partial charge in [0.2, 0.25) is 5.91 Å². The zero-order chi connectivity index (χ0) is 15.2. The van der Waals surface area contributed by atoms with Crippen molar-refractivity contribution in [1.29, 1.82) is 0 Å². The summed E-state index contributed by atoms with van der Waals surface area (Å²) in [6.07, 6.45) is 2.14. The molecule has 1 aromatic heterocycles. The SMILES string of the molecule is CC(NCc1ccc(CSC(F)F)o1)C(=O)N1CCCC1. The zero-order valence-corrected chi connectivity index (χ0v) is 12.8. The molecule has 118 valence electrons. The maximum atomic E-state index is 12.1. The molecule has 1 fully saturated rings. The minimum atomic E-state index is -2.39. The predicted molar refractivity (Wildman–Crippen MR) is 78.1 cm³/mol. The number of rotatable bonds is 7. The largest absolute Gasteiger partial charge is 0.464 e. The van der Waals surface area contributed by atoms with Gasteiger partial charge in [-0.15, -0.1) is 0 Å². The lowest BCUT2D eigenvalue weighted by atomic mass is 10.3. The van der Waals surface area contributed by atoms with Gasteiger partial charge in [-0.1, -0.05) is 11.8 Å². The van der Waals surface area contributed by atoms with E-state index in [4.69, 9.17) is 4.42 Å². The molecule has 1 amide bonds. The summed E-state index contributed by atoms with van der Waals surface area (Å²) in [5.74, 6) is -0.959. The molecule has 0 spiro atoms. The number of carbonyl (C=O) groups excluding carboxylic acids is 1. The van der Waals surface area contributed by atoms with E-state index in [1.54, 1.807) is 12.1 Å². The molecule has 7 heteroatoms. The molecule has 0 saturated carbocycles. The van der Waals surface area contributed by atoms with Crippen LogP contribution in [0.15, 0.2) is 16.5 Å². The Morgan fingerprint density at radius 1 is 1.38 bits per heavy atom. The Bertz CT molecular complexity index is 462. The van der Waals surface area contributed by atoms with Crippen LogP contribution in [0, 0.1) is 0 Å². The highest BCUT2D eigenvalue weighted by molar-refractivity contribution is 7.98. The second kappa shape index (κ2) is 7.79.